The van der Waals surface area contributed by atoms with E-state index in [0.717, 1.165) is 39.0 Å². The van der Waals surface area contributed by atoms with Gasteiger partial charge in [0.2, 0.25) is 0 Å². The summed E-state index contributed by atoms with van der Waals surface area (Å²) in [6.07, 6.45) is 6.92. The first kappa shape index (κ1) is 22.2. The number of carbonyl (C=O) groups is 1. The van der Waals surface area contributed by atoms with Gasteiger partial charge in [-0.2, -0.15) is 0 Å². The highest BCUT2D eigenvalue weighted by atomic mass is 16.5. The summed E-state index contributed by atoms with van der Waals surface area (Å²) in [5.74, 6) is 0.606. The van der Waals surface area contributed by atoms with Crippen LogP contribution in [0.2, 0.25) is 0 Å². The molecular weight excluding hydrogens is 366 g/mol. The Kier molecular flexibility index (Phi) is 8.04. The lowest BCUT2D eigenvalue weighted by molar-refractivity contribution is -0.138. The van der Waals surface area contributed by atoms with E-state index in [1.807, 2.05) is 62.4 Å². The molecule has 1 atom stereocenters. The molecule has 0 heterocycles. The lowest BCUT2D eigenvalue weighted by Crippen LogP contribution is -2.32. The molecule has 1 aliphatic carbocycles. The molecule has 0 aromatic heterocycles. The Labute approximate surface area is 172 Å². The summed E-state index contributed by atoms with van der Waals surface area (Å²) in [6.45, 7) is 4.00. The highest BCUT2D eigenvalue weighted by Crippen LogP contribution is 2.33. The smallest absolute Gasteiger partial charge is 0.320 e. The van der Waals surface area contributed by atoms with E-state index in [1.54, 1.807) is 14.2 Å². The van der Waals surface area contributed by atoms with Crippen LogP contribution in [0, 0.1) is 0 Å². The van der Waals surface area contributed by atoms with E-state index in [1.165, 1.54) is 0 Å². The van der Waals surface area contributed by atoms with Gasteiger partial charge in [0.1, 0.15) is 17.6 Å². The fraction of sp³-hybridized carbons (Fsp3) is 0.292. The molecule has 0 saturated heterocycles. The fourth-order valence-electron chi connectivity index (χ4n) is 3.23. The maximum atomic E-state index is 11.0. The normalized spacial score (nSPS) is 14.4. The predicted molar refractivity (Wildman–Crippen MR) is 117 cm³/mol. The first-order chi connectivity index (χ1) is 14.0. The molecule has 3 rings (SSSR count). The van der Waals surface area contributed by atoms with Gasteiger partial charge in [0.05, 0.1) is 19.8 Å². The quantitative estimate of drug-likeness (QED) is 0.743. The first-order valence-corrected chi connectivity index (χ1v) is 9.73. The van der Waals surface area contributed by atoms with Gasteiger partial charge in [-0.3, -0.25) is 4.79 Å². The Balaban J connectivity index is 0.00000145. The Morgan fingerprint density at radius 1 is 1.10 bits per heavy atom. The molecule has 5 heteroatoms. The van der Waals surface area contributed by atoms with Crippen molar-refractivity contribution in [2.45, 2.75) is 32.7 Å². The molecule has 5 nitrogen and oxygen atoms in total. The van der Waals surface area contributed by atoms with Crippen LogP contribution >= 0.6 is 0 Å². The molecule has 154 valence electrons. The molecule has 29 heavy (non-hydrogen) atoms. The second-order valence-corrected chi connectivity index (χ2v) is 6.41. The van der Waals surface area contributed by atoms with Crippen molar-refractivity contribution in [2.75, 3.05) is 14.2 Å². The molecule has 2 aromatic rings. The summed E-state index contributed by atoms with van der Waals surface area (Å²) >= 11 is 0. The van der Waals surface area contributed by atoms with E-state index in [2.05, 4.69) is 6.07 Å². The Morgan fingerprint density at radius 2 is 1.79 bits per heavy atom. The van der Waals surface area contributed by atoms with Crippen LogP contribution in [0.4, 0.5) is 0 Å². The van der Waals surface area contributed by atoms with Gasteiger partial charge in [-0.15, -0.1) is 0 Å². The number of allylic oxidation sites excluding steroid dienone is 4. The monoisotopic (exact) mass is 395 g/mol. The number of hydrogen-bond donors (Lipinski definition) is 2. The van der Waals surface area contributed by atoms with Crippen LogP contribution in [-0.2, 0) is 20.7 Å². The largest absolute Gasteiger partial charge is 0.500 e. The van der Waals surface area contributed by atoms with Crippen LogP contribution in [0.5, 0.6) is 0 Å². The number of carboxylic acid groups (broad SMARTS) is 1. The van der Waals surface area contributed by atoms with Gasteiger partial charge in [0.15, 0.2) is 0 Å². The van der Waals surface area contributed by atoms with E-state index in [-0.39, 0.29) is 0 Å². The molecule has 2 aromatic carbocycles. The van der Waals surface area contributed by atoms with Crippen molar-refractivity contribution in [3.8, 4) is 0 Å². The van der Waals surface area contributed by atoms with E-state index in [0.29, 0.717) is 12.8 Å². The van der Waals surface area contributed by atoms with Crippen molar-refractivity contribution in [2.24, 2.45) is 5.73 Å². The number of nitrogens with two attached hydrogens (primary N) is 1. The standard InChI is InChI=1S/C22H23NO4.C2H6/c1-26-19-5-3-4-6-20(27-2)21(19)17-10-9-15-11-14(7-8-16(15)13-17)12-18(23)22(24)25;1-2/h3-5,7-11,13,18H,6,12,23H2,1-2H3,(H,24,25);1-2H3. The summed E-state index contributed by atoms with van der Waals surface area (Å²) in [7, 11) is 3.32. The minimum absolute atomic E-state index is 0.300. The highest BCUT2D eigenvalue weighted by Gasteiger charge is 2.17. The van der Waals surface area contributed by atoms with E-state index in [4.69, 9.17) is 20.3 Å². The zero-order chi connectivity index (χ0) is 21.4. The Hall–Kier alpha value is -3.05. The molecule has 0 fully saturated rings. The summed E-state index contributed by atoms with van der Waals surface area (Å²) < 4.78 is 11.2. The lowest BCUT2D eigenvalue weighted by atomic mass is 9.96. The van der Waals surface area contributed by atoms with Gasteiger partial charge < -0.3 is 20.3 Å². The zero-order valence-electron chi connectivity index (χ0n) is 17.4. The van der Waals surface area contributed by atoms with Crippen molar-refractivity contribution >= 4 is 22.3 Å². The molecule has 0 radical (unpaired) electrons. The fourth-order valence-corrected chi connectivity index (χ4v) is 3.23. The van der Waals surface area contributed by atoms with Gasteiger partial charge >= 0.3 is 5.97 Å². The molecule has 3 N–H and O–H groups in total. The second-order valence-electron chi connectivity index (χ2n) is 6.41. The number of carboxylic acids is 1. The third kappa shape index (κ3) is 5.27. The van der Waals surface area contributed by atoms with Gasteiger partial charge in [0, 0.05) is 6.42 Å². The number of hydrogen-bond acceptors (Lipinski definition) is 4. The van der Waals surface area contributed by atoms with Crippen molar-refractivity contribution in [3.05, 3.63) is 77.3 Å². The minimum Gasteiger partial charge on any atom is -0.500 e. The molecule has 0 bridgehead atoms. The van der Waals surface area contributed by atoms with Crippen LogP contribution in [0.3, 0.4) is 0 Å². The molecule has 1 unspecified atom stereocenters. The highest BCUT2D eigenvalue weighted by molar-refractivity contribution is 5.90. The molecule has 0 aliphatic heterocycles. The minimum atomic E-state index is -0.995. The third-order valence-corrected chi connectivity index (χ3v) is 4.64. The summed E-state index contributed by atoms with van der Waals surface area (Å²) in [5.41, 5.74) is 8.49. The Bertz CT molecular complexity index is 957. The van der Waals surface area contributed by atoms with Crippen molar-refractivity contribution < 1.29 is 19.4 Å². The van der Waals surface area contributed by atoms with Gasteiger partial charge in [-0.1, -0.05) is 56.3 Å². The first-order valence-electron chi connectivity index (χ1n) is 9.73. The zero-order valence-corrected chi connectivity index (χ0v) is 17.4. The number of rotatable bonds is 6. The van der Waals surface area contributed by atoms with Gasteiger partial charge in [-0.05, 0) is 40.5 Å². The van der Waals surface area contributed by atoms with Crippen LogP contribution in [0.15, 0.2) is 66.1 Å². The topological polar surface area (TPSA) is 81.8 Å². The predicted octanol–water partition coefficient (Wildman–Crippen LogP) is 4.67. The van der Waals surface area contributed by atoms with E-state index >= 15 is 0 Å². The van der Waals surface area contributed by atoms with Gasteiger partial charge in [0.25, 0.3) is 0 Å². The molecule has 0 amide bonds. The van der Waals surface area contributed by atoms with Crippen LogP contribution in [0.25, 0.3) is 16.3 Å². The molecule has 1 aliphatic rings. The van der Waals surface area contributed by atoms with Crippen molar-refractivity contribution in [3.63, 3.8) is 0 Å². The van der Waals surface area contributed by atoms with Crippen LogP contribution in [-0.4, -0.2) is 31.3 Å². The third-order valence-electron chi connectivity index (χ3n) is 4.64. The molecular formula is C24H29NO4. The average molecular weight is 395 g/mol. The van der Waals surface area contributed by atoms with Crippen LogP contribution < -0.4 is 5.73 Å². The number of ether oxygens (including phenoxy) is 2. The molecule has 0 saturated carbocycles. The molecule has 0 spiro atoms. The van der Waals surface area contributed by atoms with Crippen molar-refractivity contribution in [1.82, 2.24) is 0 Å². The number of aliphatic carboxylic acids is 1. The second kappa shape index (κ2) is 10.5. The maximum Gasteiger partial charge on any atom is 0.320 e. The summed E-state index contributed by atoms with van der Waals surface area (Å²) in [5, 5.41) is 11.1. The number of methoxy groups -OCH3 is 2. The summed E-state index contributed by atoms with van der Waals surface area (Å²) in [4.78, 5) is 11.0. The van der Waals surface area contributed by atoms with E-state index < -0.39 is 12.0 Å². The van der Waals surface area contributed by atoms with Gasteiger partial charge in [-0.25, -0.2) is 0 Å². The number of fused-ring (bicyclic) bond motifs is 1. The van der Waals surface area contributed by atoms with Crippen LogP contribution in [0.1, 0.15) is 31.4 Å². The Morgan fingerprint density at radius 3 is 2.45 bits per heavy atom. The SMILES string of the molecule is CC.COC1=CC=CCC(OC)=C1c1ccc2cc(CC(N)C(=O)O)ccc2c1. The van der Waals surface area contributed by atoms with Crippen molar-refractivity contribution in [1.29, 1.82) is 0 Å². The lowest BCUT2D eigenvalue weighted by Gasteiger charge is -2.16. The number of benzene rings is 2. The average Bonchev–Trinajstić information content (AvgIpc) is 2.96. The summed E-state index contributed by atoms with van der Waals surface area (Å²) in [6, 6.07) is 11.1. The maximum absolute atomic E-state index is 11.0. The van der Waals surface area contributed by atoms with E-state index in [9.17, 15) is 4.79 Å².